The quantitative estimate of drug-likeness (QED) is 0.407. The molecular formula is C22H20N4O3S. The lowest BCUT2D eigenvalue weighted by molar-refractivity contribution is -0.122. The summed E-state index contributed by atoms with van der Waals surface area (Å²) < 4.78 is 0. The van der Waals surface area contributed by atoms with Crippen LogP contribution in [0.15, 0.2) is 70.9 Å². The van der Waals surface area contributed by atoms with Gasteiger partial charge in [-0.1, -0.05) is 60.3 Å². The fraction of sp³-hybridized carbons (Fsp3) is 0.136. The molecule has 1 aliphatic heterocycles. The first-order valence-electron chi connectivity index (χ1n) is 9.22. The first-order valence-corrected chi connectivity index (χ1v) is 10.1. The number of hydrogen-bond acceptors (Lipinski definition) is 6. The lowest BCUT2D eigenvalue weighted by atomic mass is 10.1. The van der Waals surface area contributed by atoms with Gasteiger partial charge >= 0.3 is 0 Å². The van der Waals surface area contributed by atoms with E-state index in [0.717, 1.165) is 17.3 Å². The van der Waals surface area contributed by atoms with Crippen LogP contribution in [0.4, 0.5) is 5.69 Å². The Bertz CT molecular complexity index is 1030. The summed E-state index contributed by atoms with van der Waals surface area (Å²) >= 11 is 1.16. The lowest BCUT2D eigenvalue weighted by Crippen LogP contribution is -2.28. The molecule has 0 radical (unpaired) electrons. The number of allylic oxidation sites excluding steroid dienone is 1. The van der Waals surface area contributed by atoms with Crippen LogP contribution in [-0.4, -0.2) is 34.2 Å². The third-order valence-electron chi connectivity index (χ3n) is 4.09. The first-order chi connectivity index (χ1) is 14.5. The summed E-state index contributed by atoms with van der Waals surface area (Å²) in [6, 6.07) is 16.4. The van der Waals surface area contributed by atoms with E-state index in [2.05, 4.69) is 20.8 Å². The molecule has 0 saturated carbocycles. The van der Waals surface area contributed by atoms with Crippen LogP contribution >= 0.6 is 11.8 Å². The number of carbonyl (C=O) groups is 3. The lowest BCUT2D eigenvalue weighted by Gasteiger charge is -2.08. The molecule has 152 valence electrons. The average molecular weight is 420 g/mol. The van der Waals surface area contributed by atoms with E-state index in [1.54, 1.807) is 30.3 Å². The number of ketones is 1. The number of thioether (sulfide) groups is 1. The van der Waals surface area contributed by atoms with Crippen LogP contribution in [0.25, 0.3) is 6.08 Å². The third kappa shape index (κ3) is 6.25. The minimum atomic E-state index is -0.588. The van der Waals surface area contributed by atoms with E-state index < -0.39 is 5.25 Å². The second kappa shape index (κ2) is 10.3. The highest BCUT2D eigenvalue weighted by Gasteiger charge is 2.32. The Morgan fingerprint density at radius 1 is 1.17 bits per heavy atom. The summed E-state index contributed by atoms with van der Waals surface area (Å²) in [4.78, 5) is 35.8. The van der Waals surface area contributed by atoms with Gasteiger partial charge in [-0.2, -0.15) is 5.10 Å². The third-order valence-corrected chi connectivity index (χ3v) is 5.16. The molecule has 2 aromatic rings. The van der Waals surface area contributed by atoms with Crippen LogP contribution < -0.4 is 10.6 Å². The SMILES string of the molecule is CC(=O)c1cccc(NC(=O)C[C@H]2S/C(=N/N=C\C=C\c3ccccc3)NC2=O)c1. The van der Waals surface area contributed by atoms with Crippen molar-refractivity contribution in [1.29, 1.82) is 0 Å². The molecule has 8 heteroatoms. The van der Waals surface area contributed by atoms with Crippen molar-refractivity contribution >= 4 is 52.5 Å². The normalized spacial score (nSPS) is 17.6. The number of benzene rings is 2. The number of amides is 2. The molecule has 2 aromatic carbocycles. The van der Waals surface area contributed by atoms with Gasteiger partial charge < -0.3 is 10.6 Å². The number of nitrogens with one attached hydrogen (secondary N) is 2. The van der Waals surface area contributed by atoms with Crippen LogP contribution in [0.2, 0.25) is 0 Å². The van der Waals surface area contributed by atoms with Crippen LogP contribution in [-0.2, 0) is 9.59 Å². The van der Waals surface area contributed by atoms with Gasteiger partial charge in [0.1, 0.15) is 5.25 Å². The van der Waals surface area contributed by atoms with Crippen molar-refractivity contribution in [2.45, 2.75) is 18.6 Å². The van der Waals surface area contributed by atoms with Crippen molar-refractivity contribution in [2.24, 2.45) is 10.2 Å². The summed E-state index contributed by atoms with van der Waals surface area (Å²) in [5.41, 5.74) is 2.06. The van der Waals surface area contributed by atoms with E-state index in [0.29, 0.717) is 16.4 Å². The molecule has 1 fully saturated rings. The van der Waals surface area contributed by atoms with Crippen LogP contribution in [0, 0.1) is 0 Å². The Morgan fingerprint density at radius 2 is 1.97 bits per heavy atom. The molecule has 0 unspecified atom stereocenters. The average Bonchev–Trinajstić information content (AvgIpc) is 3.07. The minimum absolute atomic E-state index is 0.0164. The highest BCUT2D eigenvalue weighted by Crippen LogP contribution is 2.23. The molecule has 0 bridgehead atoms. The molecule has 0 aromatic heterocycles. The van der Waals surface area contributed by atoms with Gasteiger partial charge in [-0.3, -0.25) is 14.4 Å². The molecule has 1 aliphatic rings. The maximum absolute atomic E-state index is 12.3. The topological polar surface area (TPSA) is 100.0 Å². The monoisotopic (exact) mass is 420 g/mol. The van der Waals surface area contributed by atoms with Crippen molar-refractivity contribution in [3.63, 3.8) is 0 Å². The second-order valence-electron chi connectivity index (χ2n) is 6.42. The van der Waals surface area contributed by atoms with Gasteiger partial charge in [0.15, 0.2) is 11.0 Å². The number of anilines is 1. The van der Waals surface area contributed by atoms with Crippen molar-refractivity contribution in [2.75, 3.05) is 5.32 Å². The molecule has 3 rings (SSSR count). The molecule has 1 atom stereocenters. The second-order valence-corrected chi connectivity index (χ2v) is 7.62. The Morgan fingerprint density at radius 3 is 2.73 bits per heavy atom. The van der Waals surface area contributed by atoms with Crippen molar-refractivity contribution in [3.05, 3.63) is 71.8 Å². The molecular weight excluding hydrogens is 400 g/mol. The maximum Gasteiger partial charge on any atom is 0.240 e. The predicted octanol–water partition coefficient (Wildman–Crippen LogP) is 3.50. The van der Waals surface area contributed by atoms with E-state index in [1.165, 1.54) is 13.1 Å². The molecule has 0 spiro atoms. The van der Waals surface area contributed by atoms with Gasteiger partial charge in [0.2, 0.25) is 11.8 Å². The number of hydrogen-bond donors (Lipinski definition) is 2. The van der Waals surface area contributed by atoms with Gasteiger partial charge in [0, 0.05) is 23.9 Å². The molecule has 0 aliphatic carbocycles. The fourth-order valence-corrected chi connectivity index (χ4v) is 3.55. The largest absolute Gasteiger partial charge is 0.326 e. The zero-order valence-corrected chi connectivity index (χ0v) is 17.1. The Labute approximate surface area is 178 Å². The van der Waals surface area contributed by atoms with Gasteiger partial charge in [0.25, 0.3) is 0 Å². The van der Waals surface area contributed by atoms with Crippen LogP contribution in [0.5, 0.6) is 0 Å². The molecule has 2 N–H and O–H groups in total. The van der Waals surface area contributed by atoms with Gasteiger partial charge in [0.05, 0.1) is 0 Å². The summed E-state index contributed by atoms with van der Waals surface area (Å²) in [5.74, 6) is -0.697. The van der Waals surface area contributed by atoms with Gasteiger partial charge in [-0.15, -0.1) is 5.10 Å². The standard InChI is InChI=1S/C22H20N4O3S/c1-15(27)17-10-5-11-18(13-17)24-20(28)14-19-21(29)25-22(30-19)26-23-12-6-9-16-7-3-2-4-8-16/h2-13,19H,14H2,1H3,(H,24,28)(H,25,26,29)/b9-6+,23-12-/t19-/m1/s1. The zero-order valence-electron chi connectivity index (χ0n) is 16.2. The van der Waals surface area contributed by atoms with Crippen molar-refractivity contribution < 1.29 is 14.4 Å². The fourth-order valence-electron chi connectivity index (χ4n) is 2.63. The smallest absolute Gasteiger partial charge is 0.240 e. The molecule has 7 nitrogen and oxygen atoms in total. The van der Waals surface area contributed by atoms with Crippen LogP contribution in [0.3, 0.4) is 0 Å². The van der Waals surface area contributed by atoms with Gasteiger partial charge in [-0.25, -0.2) is 0 Å². The van der Waals surface area contributed by atoms with E-state index in [-0.39, 0.29) is 24.0 Å². The Balaban J connectivity index is 1.51. The number of carbonyl (C=O) groups excluding carboxylic acids is 3. The molecule has 2 amide bonds. The van der Waals surface area contributed by atoms with E-state index in [4.69, 9.17) is 0 Å². The molecule has 30 heavy (non-hydrogen) atoms. The van der Waals surface area contributed by atoms with Crippen molar-refractivity contribution in [1.82, 2.24) is 5.32 Å². The highest BCUT2D eigenvalue weighted by atomic mass is 32.2. The first kappa shape index (κ1) is 21.2. The predicted molar refractivity (Wildman–Crippen MR) is 121 cm³/mol. The van der Waals surface area contributed by atoms with E-state index in [1.807, 2.05) is 36.4 Å². The summed E-state index contributed by atoms with van der Waals surface area (Å²) in [7, 11) is 0. The molecule has 1 saturated heterocycles. The number of nitrogens with zero attached hydrogens (tertiary/aromatic N) is 2. The maximum atomic E-state index is 12.3. The molecule has 1 heterocycles. The van der Waals surface area contributed by atoms with Crippen LogP contribution in [0.1, 0.15) is 29.3 Å². The summed E-state index contributed by atoms with van der Waals surface area (Å²) in [6.45, 7) is 1.46. The Kier molecular flexibility index (Phi) is 7.29. The Hall–Kier alpha value is -3.52. The summed E-state index contributed by atoms with van der Waals surface area (Å²) in [5, 5.41) is 13.0. The van der Waals surface area contributed by atoms with Crippen molar-refractivity contribution in [3.8, 4) is 0 Å². The highest BCUT2D eigenvalue weighted by molar-refractivity contribution is 8.15. The van der Waals surface area contributed by atoms with E-state index in [9.17, 15) is 14.4 Å². The zero-order chi connectivity index (χ0) is 21.3. The van der Waals surface area contributed by atoms with E-state index >= 15 is 0 Å². The summed E-state index contributed by atoms with van der Waals surface area (Å²) in [6.07, 6.45) is 5.14. The number of amidine groups is 1. The number of rotatable bonds is 7. The van der Waals surface area contributed by atoms with Gasteiger partial charge in [-0.05, 0) is 30.7 Å². The number of Topliss-reactive ketones (excluding diaryl/α,β-unsaturated/α-hetero) is 1. The minimum Gasteiger partial charge on any atom is -0.326 e.